The quantitative estimate of drug-likeness (QED) is 0.755. The highest BCUT2D eigenvalue weighted by Gasteiger charge is 2.02. The van der Waals surface area contributed by atoms with Crippen molar-refractivity contribution in [3.8, 4) is 0 Å². The van der Waals surface area contributed by atoms with Crippen LogP contribution < -0.4 is 5.32 Å². The van der Waals surface area contributed by atoms with Gasteiger partial charge in [0.15, 0.2) is 0 Å². The van der Waals surface area contributed by atoms with Crippen LogP contribution in [-0.4, -0.2) is 25.8 Å². The molecule has 0 fully saturated rings. The Morgan fingerprint density at radius 1 is 1.31 bits per heavy atom. The highest BCUT2D eigenvalue weighted by atomic mass is 32.1. The van der Waals surface area contributed by atoms with Crippen molar-refractivity contribution in [3.63, 3.8) is 0 Å². The Bertz CT molecular complexity index is 259. The Morgan fingerprint density at radius 3 is 2.75 bits per heavy atom. The second-order valence-corrected chi connectivity index (χ2v) is 5.60. The van der Waals surface area contributed by atoms with Gasteiger partial charge in [-0.15, -0.1) is 11.3 Å². The molecule has 1 heterocycles. The van der Waals surface area contributed by atoms with E-state index in [4.69, 9.17) is 4.74 Å². The minimum absolute atomic E-state index is 0.304. The third kappa shape index (κ3) is 6.26. The van der Waals surface area contributed by atoms with E-state index in [1.807, 2.05) is 0 Å². The van der Waals surface area contributed by atoms with E-state index in [0.29, 0.717) is 12.0 Å². The average molecular weight is 241 g/mol. The van der Waals surface area contributed by atoms with Crippen LogP contribution in [0.3, 0.4) is 0 Å². The van der Waals surface area contributed by atoms with Crippen molar-refractivity contribution < 1.29 is 4.74 Å². The van der Waals surface area contributed by atoms with Gasteiger partial charge < -0.3 is 10.1 Å². The molecule has 16 heavy (non-hydrogen) atoms. The molecule has 0 saturated carbocycles. The molecule has 2 nitrogen and oxygen atoms in total. The monoisotopic (exact) mass is 241 g/mol. The van der Waals surface area contributed by atoms with Gasteiger partial charge in [0, 0.05) is 17.8 Å². The fraction of sp³-hybridized carbons (Fsp3) is 0.692. The summed E-state index contributed by atoms with van der Waals surface area (Å²) in [5.74, 6) is 0.707. The van der Waals surface area contributed by atoms with Crippen LogP contribution >= 0.6 is 11.3 Å². The van der Waals surface area contributed by atoms with Crippen LogP contribution in [0.4, 0.5) is 0 Å². The molecule has 1 aromatic rings. The number of hydrogen-bond donors (Lipinski definition) is 1. The standard InChI is InChI=1S/C13H23NOS/c1-11(2)9-14-10-12(3)15-7-6-13-5-4-8-16-13/h4-5,8,11-12,14H,6-7,9-10H2,1-3H3. The summed E-state index contributed by atoms with van der Waals surface area (Å²) in [7, 11) is 0. The van der Waals surface area contributed by atoms with E-state index in [9.17, 15) is 0 Å². The van der Waals surface area contributed by atoms with Gasteiger partial charge >= 0.3 is 0 Å². The van der Waals surface area contributed by atoms with Crippen molar-refractivity contribution in [1.29, 1.82) is 0 Å². The molecule has 0 bridgehead atoms. The molecule has 1 aromatic heterocycles. The van der Waals surface area contributed by atoms with Gasteiger partial charge in [0.2, 0.25) is 0 Å². The lowest BCUT2D eigenvalue weighted by Gasteiger charge is -2.14. The fourth-order valence-electron chi connectivity index (χ4n) is 1.45. The first-order chi connectivity index (χ1) is 7.68. The summed E-state index contributed by atoms with van der Waals surface area (Å²) in [6.45, 7) is 9.40. The lowest BCUT2D eigenvalue weighted by Crippen LogP contribution is -2.30. The van der Waals surface area contributed by atoms with Gasteiger partial charge in [-0.1, -0.05) is 19.9 Å². The fourth-order valence-corrected chi connectivity index (χ4v) is 2.14. The van der Waals surface area contributed by atoms with Gasteiger partial charge in [-0.2, -0.15) is 0 Å². The van der Waals surface area contributed by atoms with E-state index in [-0.39, 0.29) is 0 Å². The highest BCUT2D eigenvalue weighted by molar-refractivity contribution is 7.09. The van der Waals surface area contributed by atoms with Crippen LogP contribution in [-0.2, 0) is 11.2 Å². The zero-order valence-electron chi connectivity index (χ0n) is 10.5. The second kappa shape index (κ2) is 7.82. The molecule has 3 heteroatoms. The van der Waals surface area contributed by atoms with Crippen molar-refractivity contribution >= 4 is 11.3 Å². The van der Waals surface area contributed by atoms with Crippen molar-refractivity contribution in [2.75, 3.05) is 19.7 Å². The molecule has 1 atom stereocenters. The number of nitrogens with one attached hydrogen (secondary N) is 1. The molecule has 0 amide bonds. The Morgan fingerprint density at radius 2 is 2.12 bits per heavy atom. The minimum Gasteiger partial charge on any atom is -0.377 e. The van der Waals surface area contributed by atoms with E-state index in [1.165, 1.54) is 4.88 Å². The molecule has 1 unspecified atom stereocenters. The number of rotatable bonds is 8. The van der Waals surface area contributed by atoms with Crippen LogP contribution in [0.2, 0.25) is 0 Å². The van der Waals surface area contributed by atoms with Crippen LogP contribution in [0.5, 0.6) is 0 Å². The molecule has 0 aliphatic carbocycles. The maximum Gasteiger partial charge on any atom is 0.0671 e. The Balaban J connectivity index is 2.00. The van der Waals surface area contributed by atoms with E-state index in [2.05, 4.69) is 43.6 Å². The molecule has 0 aliphatic rings. The Kier molecular flexibility index (Phi) is 6.69. The lowest BCUT2D eigenvalue weighted by atomic mass is 10.2. The lowest BCUT2D eigenvalue weighted by molar-refractivity contribution is 0.0681. The van der Waals surface area contributed by atoms with Crippen molar-refractivity contribution in [2.45, 2.75) is 33.3 Å². The normalized spacial score (nSPS) is 13.2. The molecular weight excluding hydrogens is 218 g/mol. The summed E-state index contributed by atoms with van der Waals surface area (Å²) in [5.41, 5.74) is 0. The summed E-state index contributed by atoms with van der Waals surface area (Å²) in [5, 5.41) is 5.52. The zero-order chi connectivity index (χ0) is 11.8. The van der Waals surface area contributed by atoms with E-state index in [0.717, 1.165) is 26.1 Å². The first-order valence-corrected chi connectivity index (χ1v) is 6.91. The Hall–Kier alpha value is -0.380. The van der Waals surface area contributed by atoms with Gasteiger partial charge in [0.25, 0.3) is 0 Å². The van der Waals surface area contributed by atoms with Gasteiger partial charge in [0.05, 0.1) is 12.7 Å². The molecule has 0 radical (unpaired) electrons. The maximum atomic E-state index is 5.74. The van der Waals surface area contributed by atoms with Gasteiger partial charge in [0.1, 0.15) is 0 Å². The van der Waals surface area contributed by atoms with Crippen LogP contribution in [0.15, 0.2) is 17.5 Å². The Labute approximate surface area is 103 Å². The number of ether oxygens (including phenoxy) is 1. The van der Waals surface area contributed by atoms with Crippen LogP contribution in [0.1, 0.15) is 25.6 Å². The van der Waals surface area contributed by atoms with Crippen molar-refractivity contribution in [3.05, 3.63) is 22.4 Å². The summed E-state index contributed by atoms with van der Waals surface area (Å²) in [6, 6.07) is 4.25. The van der Waals surface area contributed by atoms with Gasteiger partial charge in [-0.05, 0) is 30.8 Å². The van der Waals surface area contributed by atoms with Gasteiger partial charge in [-0.3, -0.25) is 0 Å². The number of thiophene rings is 1. The van der Waals surface area contributed by atoms with Crippen LogP contribution in [0.25, 0.3) is 0 Å². The predicted octanol–water partition coefficient (Wildman–Crippen LogP) is 2.94. The third-order valence-corrected chi connectivity index (χ3v) is 3.25. The van der Waals surface area contributed by atoms with Gasteiger partial charge in [-0.25, -0.2) is 0 Å². The molecule has 0 spiro atoms. The summed E-state index contributed by atoms with van der Waals surface area (Å²) < 4.78 is 5.74. The first-order valence-electron chi connectivity index (χ1n) is 6.03. The van der Waals surface area contributed by atoms with E-state index in [1.54, 1.807) is 11.3 Å². The van der Waals surface area contributed by atoms with E-state index >= 15 is 0 Å². The van der Waals surface area contributed by atoms with Crippen LogP contribution in [0, 0.1) is 5.92 Å². The summed E-state index contributed by atoms with van der Waals surface area (Å²) >= 11 is 1.80. The molecule has 0 aliphatic heterocycles. The molecule has 0 saturated heterocycles. The second-order valence-electron chi connectivity index (χ2n) is 4.56. The molecular formula is C13H23NOS. The zero-order valence-corrected chi connectivity index (χ0v) is 11.3. The van der Waals surface area contributed by atoms with E-state index < -0.39 is 0 Å². The maximum absolute atomic E-state index is 5.74. The summed E-state index contributed by atoms with van der Waals surface area (Å²) in [6.07, 6.45) is 1.34. The largest absolute Gasteiger partial charge is 0.377 e. The van der Waals surface area contributed by atoms with Crippen molar-refractivity contribution in [1.82, 2.24) is 5.32 Å². The summed E-state index contributed by atoms with van der Waals surface area (Å²) in [4.78, 5) is 1.40. The molecule has 1 rings (SSSR count). The van der Waals surface area contributed by atoms with Crippen molar-refractivity contribution in [2.24, 2.45) is 5.92 Å². The molecule has 92 valence electrons. The molecule has 1 N–H and O–H groups in total. The average Bonchev–Trinajstić information content (AvgIpc) is 2.70. The first kappa shape index (κ1) is 13.7. The SMILES string of the molecule is CC(C)CNCC(C)OCCc1cccs1. The number of hydrogen-bond acceptors (Lipinski definition) is 3. The molecule has 0 aromatic carbocycles. The third-order valence-electron chi connectivity index (χ3n) is 2.32. The topological polar surface area (TPSA) is 21.3 Å². The highest BCUT2D eigenvalue weighted by Crippen LogP contribution is 2.09. The minimum atomic E-state index is 0.304. The smallest absolute Gasteiger partial charge is 0.0671 e. The predicted molar refractivity (Wildman–Crippen MR) is 71.1 cm³/mol.